The van der Waals surface area contributed by atoms with E-state index in [1.165, 1.54) is 5.56 Å². The van der Waals surface area contributed by atoms with E-state index in [4.69, 9.17) is 4.52 Å². The molecule has 2 aromatic heterocycles. The third-order valence-electron chi connectivity index (χ3n) is 4.19. The second kappa shape index (κ2) is 6.78. The lowest BCUT2D eigenvalue weighted by molar-refractivity contribution is 0.184. The Morgan fingerprint density at radius 3 is 2.96 bits per heavy atom. The van der Waals surface area contributed by atoms with Crippen LogP contribution in [0.4, 0.5) is 0 Å². The van der Waals surface area contributed by atoms with Gasteiger partial charge in [-0.1, -0.05) is 35.5 Å². The highest BCUT2D eigenvalue weighted by atomic mass is 32.2. The maximum atomic E-state index is 5.48. The van der Waals surface area contributed by atoms with Gasteiger partial charge in [-0.3, -0.25) is 9.58 Å². The van der Waals surface area contributed by atoms with Crippen LogP contribution in [0, 0.1) is 0 Å². The molecular formula is C17H19N5OS. The van der Waals surface area contributed by atoms with Crippen LogP contribution >= 0.6 is 11.8 Å². The van der Waals surface area contributed by atoms with Gasteiger partial charge in [0.25, 0.3) is 0 Å². The normalized spacial score (nSPS) is 18.8. The zero-order valence-corrected chi connectivity index (χ0v) is 14.3. The summed E-state index contributed by atoms with van der Waals surface area (Å²) in [5, 5.41) is 8.43. The molecule has 4 rings (SSSR count). The summed E-state index contributed by atoms with van der Waals surface area (Å²) in [5.41, 5.74) is 2.22. The van der Waals surface area contributed by atoms with E-state index in [-0.39, 0.29) is 0 Å². The highest BCUT2D eigenvalue weighted by Gasteiger charge is 2.27. The summed E-state index contributed by atoms with van der Waals surface area (Å²) in [7, 11) is 1.95. The second-order valence-electron chi connectivity index (χ2n) is 5.89. The first-order chi connectivity index (χ1) is 11.8. The van der Waals surface area contributed by atoms with Crippen LogP contribution in [0.25, 0.3) is 11.4 Å². The van der Waals surface area contributed by atoms with Crippen molar-refractivity contribution in [1.29, 1.82) is 0 Å². The SMILES string of the molecule is Cn1cc([C@@H]2CSCCN2Cc2nc(-c3ccccc3)no2)cn1. The third kappa shape index (κ3) is 3.22. The molecule has 1 aromatic carbocycles. The van der Waals surface area contributed by atoms with Crippen molar-refractivity contribution in [2.45, 2.75) is 12.6 Å². The fourth-order valence-corrected chi connectivity index (χ4v) is 4.10. The van der Waals surface area contributed by atoms with Gasteiger partial charge >= 0.3 is 0 Å². The molecule has 0 amide bonds. The Labute approximate surface area is 144 Å². The number of rotatable bonds is 4. The zero-order valence-electron chi connectivity index (χ0n) is 13.5. The van der Waals surface area contributed by atoms with Crippen LogP contribution in [0.2, 0.25) is 0 Å². The summed E-state index contributed by atoms with van der Waals surface area (Å²) in [6, 6.07) is 10.3. The highest BCUT2D eigenvalue weighted by molar-refractivity contribution is 7.99. The predicted molar refractivity (Wildman–Crippen MR) is 93.4 cm³/mol. The van der Waals surface area contributed by atoms with Crippen LogP contribution in [0.15, 0.2) is 47.2 Å². The van der Waals surface area contributed by atoms with Gasteiger partial charge in [-0.15, -0.1) is 0 Å². The van der Waals surface area contributed by atoms with E-state index in [1.54, 1.807) is 0 Å². The van der Waals surface area contributed by atoms with Crippen LogP contribution in [-0.4, -0.2) is 42.9 Å². The van der Waals surface area contributed by atoms with Gasteiger partial charge in [0.2, 0.25) is 11.7 Å². The minimum Gasteiger partial charge on any atom is -0.338 e. The van der Waals surface area contributed by atoms with Crippen LogP contribution < -0.4 is 0 Å². The summed E-state index contributed by atoms with van der Waals surface area (Å²) in [5.74, 6) is 3.49. The van der Waals surface area contributed by atoms with Gasteiger partial charge in [0.15, 0.2) is 0 Å². The number of nitrogens with zero attached hydrogens (tertiary/aromatic N) is 5. The molecule has 1 saturated heterocycles. The van der Waals surface area contributed by atoms with Crippen molar-refractivity contribution < 1.29 is 4.52 Å². The topological polar surface area (TPSA) is 60.0 Å². The molecule has 24 heavy (non-hydrogen) atoms. The average Bonchev–Trinajstić information content (AvgIpc) is 3.25. The molecule has 0 aliphatic carbocycles. The van der Waals surface area contributed by atoms with Gasteiger partial charge in [0.1, 0.15) is 0 Å². The van der Waals surface area contributed by atoms with Crippen molar-refractivity contribution in [3.05, 3.63) is 54.2 Å². The number of thioether (sulfide) groups is 1. The van der Waals surface area contributed by atoms with Gasteiger partial charge in [0.05, 0.1) is 12.7 Å². The largest absolute Gasteiger partial charge is 0.338 e. The monoisotopic (exact) mass is 341 g/mol. The lowest BCUT2D eigenvalue weighted by Gasteiger charge is -2.33. The average molecular weight is 341 g/mol. The van der Waals surface area contributed by atoms with Crippen LogP contribution in [0.5, 0.6) is 0 Å². The first-order valence-electron chi connectivity index (χ1n) is 7.98. The Kier molecular flexibility index (Phi) is 4.36. The van der Waals surface area contributed by atoms with Gasteiger partial charge in [0, 0.05) is 48.5 Å². The quantitative estimate of drug-likeness (QED) is 0.727. The fraction of sp³-hybridized carbons (Fsp3) is 0.353. The Balaban J connectivity index is 1.52. The molecule has 0 radical (unpaired) electrons. The number of hydrogen-bond acceptors (Lipinski definition) is 6. The molecule has 3 heterocycles. The summed E-state index contributed by atoms with van der Waals surface area (Å²) in [6.07, 6.45) is 4.04. The van der Waals surface area contributed by atoms with Gasteiger partial charge < -0.3 is 4.52 Å². The summed E-state index contributed by atoms with van der Waals surface area (Å²) in [4.78, 5) is 6.96. The molecule has 7 heteroatoms. The van der Waals surface area contributed by atoms with E-state index >= 15 is 0 Å². The minimum atomic E-state index is 0.338. The molecule has 124 valence electrons. The Morgan fingerprint density at radius 2 is 2.17 bits per heavy atom. The summed E-state index contributed by atoms with van der Waals surface area (Å²) in [6.45, 7) is 1.67. The molecule has 0 spiro atoms. The third-order valence-corrected chi connectivity index (χ3v) is 5.21. The highest BCUT2D eigenvalue weighted by Crippen LogP contribution is 2.30. The van der Waals surface area contributed by atoms with E-state index < -0.39 is 0 Å². The van der Waals surface area contributed by atoms with E-state index in [9.17, 15) is 0 Å². The van der Waals surface area contributed by atoms with Crippen molar-refractivity contribution in [2.75, 3.05) is 18.1 Å². The zero-order chi connectivity index (χ0) is 16.4. The maximum absolute atomic E-state index is 5.48. The maximum Gasteiger partial charge on any atom is 0.241 e. The molecule has 1 aliphatic rings. The van der Waals surface area contributed by atoms with Crippen molar-refractivity contribution in [1.82, 2.24) is 24.8 Å². The standard InChI is InChI=1S/C17H19N5OS/c1-21-10-14(9-18-21)15-12-24-8-7-22(15)11-16-19-17(20-23-16)13-5-3-2-4-6-13/h2-6,9-10,15H,7-8,11-12H2,1H3/t15-/m0/s1. The van der Waals surface area contributed by atoms with E-state index in [0.717, 1.165) is 23.6 Å². The smallest absolute Gasteiger partial charge is 0.241 e. The van der Waals surface area contributed by atoms with Gasteiger partial charge in [-0.05, 0) is 0 Å². The number of aryl methyl sites for hydroxylation is 1. The molecule has 0 unspecified atom stereocenters. The van der Waals surface area contributed by atoms with Crippen LogP contribution in [0.3, 0.4) is 0 Å². The molecule has 1 atom stereocenters. The van der Waals surface area contributed by atoms with E-state index in [1.807, 2.05) is 60.0 Å². The second-order valence-corrected chi connectivity index (χ2v) is 7.04. The van der Waals surface area contributed by atoms with Crippen molar-refractivity contribution >= 4 is 11.8 Å². The first-order valence-corrected chi connectivity index (χ1v) is 9.13. The van der Waals surface area contributed by atoms with Gasteiger partial charge in [-0.2, -0.15) is 21.8 Å². The first kappa shape index (κ1) is 15.4. The molecule has 3 aromatic rings. The Bertz CT molecular complexity index is 800. The molecular weight excluding hydrogens is 322 g/mol. The van der Waals surface area contributed by atoms with Crippen LogP contribution in [-0.2, 0) is 13.6 Å². The summed E-state index contributed by atoms with van der Waals surface area (Å²) < 4.78 is 7.33. The van der Waals surface area contributed by atoms with E-state index in [2.05, 4.69) is 26.3 Å². The van der Waals surface area contributed by atoms with Gasteiger partial charge in [-0.25, -0.2) is 0 Å². The van der Waals surface area contributed by atoms with Crippen molar-refractivity contribution in [3.63, 3.8) is 0 Å². The summed E-state index contributed by atoms with van der Waals surface area (Å²) >= 11 is 1.98. The minimum absolute atomic E-state index is 0.338. The Hall–Kier alpha value is -2.12. The number of benzene rings is 1. The number of aromatic nitrogens is 4. The molecule has 0 N–H and O–H groups in total. The predicted octanol–water partition coefficient (Wildman–Crippen LogP) is 2.76. The van der Waals surface area contributed by atoms with Crippen molar-refractivity contribution in [2.24, 2.45) is 7.05 Å². The fourth-order valence-electron chi connectivity index (χ4n) is 2.94. The lowest BCUT2D eigenvalue weighted by Crippen LogP contribution is -2.35. The Morgan fingerprint density at radius 1 is 1.29 bits per heavy atom. The molecule has 0 saturated carbocycles. The molecule has 1 aliphatic heterocycles. The molecule has 6 nitrogen and oxygen atoms in total. The number of hydrogen-bond donors (Lipinski definition) is 0. The van der Waals surface area contributed by atoms with Crippen LogP contribution in [0.1, 0.15) is 17.5 Å². The van der Waals surface area contributed by atoms with Crippen molar-refractivity contribution in [3.8, 4) is 11.4 Å². The molecule has 1 fully saturated rings. The van der Waals surface area contributed by atoms with E-state index in [0.29, 0.717) is 24.3 Å². The lowest BCUT2D eigenvalue weighted by atomic mass is 10.1. The molecule has 0 bridgehead atoms.